The molecule has 2 aliphatic heterocycles. The summed E-state index contributed by atoms with van der Waals surface area (Å²) in [4.78, 5) is 14.0. The standard InChI is InChI=1S/C42H40FN3O4S.C2H6/c1-42(2)22-37-40(51(48)25-42)38(32-20-19-27(21-34(32)43)49-23-26-11-4-3-5-12-26)44-35-17-10-18-36(39(35)45-37)46-41(47)50-24-33-30-15-8-6-13-28(30)29-14-7-9-16-31(29)33;1-2/h4,6-21,33,38,44-45H,3,5,22-25H2,1-2H3,(H,46,47);1-2H3. The molecule has 7 nitrogen and oxygen atoms in total. The Labute approximate surface area is 313 Å². The van der Waals surface area contributed by atoms with E-state index in [9.17, 15) is 9.00 Å². The zero-order valence-electron chi connectivity index (χ0n) is 30.6. The Bertz CT molecular complexity index is 2110. The smallest absolute Gasteiger partial charge is 0.411 e. The van der Waals surface area contributed by atoms with Crippen LogP contribution in [0.15, 0.2) is 119 Å². The molecule has 2 atom stereocenters. The van der Waals surface area contributed by atoms with E-state index in [0.29, 0.717) is 52.1 Å². The van der Waals surface area contributed by atoms with Gasteiger partial charge in [-0.2, -0.15) is 0 Å². The molecule has 9 heteroatoms. The highest BCUT2D eigenvalue weighted by Gasteiger charge is 2.39. The number of carbonyl (C=O) groups is 1. The third-order valence-corrected chi connectivity index (χ3v) is 12.0. The first-order chi connectivity index (χ1) is 25.7. The number of ether oxygens (including phenoxy) is 2. The third-order valence-electron chi connectivity index (χ3n) is 9.96. The van der Waals surface area contributed by atoms with E-state index in [0.717, 1.165) is 46.4 Å². The maximum atomic E-state index is 16.0. The number of rotatable bonds is 7. The molecule has 2 unspecified atom stereocenters. The van der Waals surface area contributed by atoms with E-state index >= 15 is 4.39 Å². The number of amides is 1. The van der Waals surface area contributed by atoms with Crippen molar-refractivity contribution in [2.45, 2.75) is 58.9 Å². The molecule has 0 bridgehead atoms. The highest BCUT2D eigenvalue weighted by molar-refractivity contribution is 7.89. The Kier molecular flexibility index (Phi) is 10.6. The van der Waals surface area contributed by atoms with Crippen LogP contribution in [0.1, 0.15) is 75.6 Å². The predicted octanol–water partition coefficient (Wildman–Crippen LogP) is 10.8. The molecule has 2 aliphatic carbocycles. The van der Waals surface area contributed by atoms with Gasteiger partial charge in [0.2, 0.25) is 0 Å². The van der Waals surface area contributed by atoms with Crippen molar-refractivity contribution < 1.29 is 22.9 Å². The highest BCUT2D eigenvalue weighted by atomic mass is 32.2. The van der Waals surface area contributed by atoms with Crippen molar-refractivity contribution in [3.63, 3.8) is 0 Å². The molecule has 4 aromatic carbocycles. The molecule has 4 aliphatic rings. The molecule has 4 aromatic rings. The van der Waals surface area contributed by atoms with Crippen LogP contribution in [0.5, 0.6) is 5.75 Å². The van der Waals surface area contributed by atoms with E-state index in [2.05, 4.69) is 66.2 Å². The average molecular weight is 732 g/mol. The van der Waals surface area contributed by atoms with Gasteiger partial charge in [0.25, 0.3) is 0 Å². The quantitative estimate of drug-likeness (QED) is 0.175. The van der Waals surface area contributed by atoms with Gasteiger partial charge < -0.3 is 20.1 Å². The maximum Gasteiger partial charge on any atom is 0.411 e. The van der Waals surface area contributed by atoms with Gasteiger partial charge in [-0.15, -0.1) is 0 Å². The molecule has 53 heavy (non-hydrogen) atoms. The first-order valence-corrected chi connectivity index (χ1v) is 19.7. The lowest BCUT2D eigenvalue weighted by Crippen LogP contribution is -2.32. The summed E-state index contributed by atoms with van der Waals surface area (Å²) in [6.45, 7) is 8.70. The Balaban J connectivity index is 0.00000214. The molecule has 0 saturated heterocycles. The van der Waals surface area contributed by atoms with E-state index in [4.69, 9.17) is 9.47 Å². The number of carbonyl (C=O) groups excluding carboxylic acids is 1. The molecular formula is C44H46FN3O4S. The predicted molar refractivity (Wildman–Crippen MR) is 213 cm³/mol. The Morgan fingerprint density at radius 3 is 2.38 bits per heavy atom. The number of allylic oxidation sites excluding steroid dienone is 3. The van der Waals surface area contributed by atoms with Gasteiger partial charge in [0.15, 0.2) is 0 Å². The second-order valence-electron chi connectivity index (χ2n) is 14.3. The number of halogens is 1. The van der Waals surface area contributed by atoms with Gasteiger partial charge in [-0.1, -0.05) is 101 Å². The number of anilines is 3. The summed E-state index contributed by atoms with van der Waals surface area (Å²) in [6.07, 6.45) is 8.28. The van der Waals surface area contributed by atoms with E-state index in [-0.39, 0.29) is 17.9 Å². The lowest BCUT2D eigenvalue weighted by Gasteiger charge is -2.34. The SMILES string of the molecule is CC.CC1(C)CC2=C(C(c3ccc(OCC4=CCCC=C4)cc3F)Nc3cccc(NC(=O)OCC4c5ccccc5-c5ccccc54)c3N2)S(=O)C1. The minimum absolute atomic E-state index is 0.0726. The second-order valence-corrected chi connectivity index (χ2v) is 15.7. The molecule has 0 fully saturated rings. The molecule has 274 valence electrons. The van der Waals surface area contributed by atoms with Gasteiger partial charge in [-0.3, -0.25) is 9.53 Å². The minimum atomic E-state index is -1.41. The van der Waals surface area contributed by atoms with Crippen LogP contribution in [0, 0.1) is 11.2 Å². The van der Waals surface area contributed by atoms with Gasteiger partial charge in [0.1, 0.15) is 24.8 Å². The van der Waals surface area contributed by atoms with Crippen molar-refractivity contribution in [2.24, 2.45) is 5.41 Å². The minimum Gasteiger partial charge on any atom is -0.489 e. The van der Waals surface area contributed by atoms with Crippen molar-refractivity contribution in [1.82, 2.24) is 0 Å². The fourth-order valence-corrected chi connectivity index (χ4v) is 9.43. The monoisotopic (exact) mass is 731 g/mol. The number of para-hydroxylation sites is 1. The van der Waals surface area contributed by atoms with Gasteiger partial charge in [0.05, 0.1) is 38.8 Å². The van der Waals surface area contributed by atoms with Gasteiger partial charge >= 0.3 is 6.09 Å². The molecule has 1 amide bonds. The van der Waals surface area contributed by atoms with Crippen LogP contribution in [0.2, 0.25) is 0 Å². The van der Waals surface area contributed by atoms with E-state index in [1.807, 2.05) is 56.3 Å². The summed E-state index contributed by atoms with van der Waals surface area (Å²) in [5.74, 6) is 0.344. The summed E-state index contributed by atoms with van der Waals surface area (Å²) in [5, 5.41) is 9.96. The van der Waals surface area contributed by atoms with Crippen molar-refractivity contribution in [1.29, 1.82) is 0 Å². The lowest BCUT2D eigenvalue weighted by atomic mass is 9.88. The van der Waals surface area contributed by atoms with Crippen molar-refractivity contribution in [2.75, 3.05) is 34.9 Å². The van der Waals surface area contributed by atoms with E-state index < -0.39 is 28.8 Å². The Hall–Kier alpha value is -5.15. The number of fused-ring (bicyclic) bond motifs is 4. The zero-order valence-corrected chi connectivity index (χ0v) is 31.4. The van der Waals surface area contributed by atoms with Crippen LogP contribution in [0.25, 0.3) is 11.1 Å². The van der Waals surface area contributed by atoms with Crippen LogP contribution in [-0.4, -0.2) is 29.3 Å². The normalized spacial score (nSPS) is 19.4. The number of hydrogen-bond acceptors (Lipinski definition) is 6. The summed E-state index contributed by atoms with van der Waals surface area (Å²) >= 11 is 0. The van der Waals surface area contributed by atoms with Crippen LogP contribution in [-0.2, 0) is 15.5 Å². The van der Waals surface area contributed by atoms with Gasteiger partial charge in [-0.05, 0) is 76.8 Å². The second kappa shape index (κ2) is 15.4. The molecule has 2 heterocycles. The summed E-state index contributed by atoms with van der Waals surface area (Å²) in [5.41, 5.74) is 8.23. The molecule has 0 spiro atoms. The topological polar surface area (TPSA) is 88.7 Å². The van der Waals surface area contributed by atoms with Crippen LogP contribution < -0.4 is 20.7 Å². The average Bonchev–Trinajstić information content (AvgIpc) is 3.37. The fraction of sp³-hybridized carbons (Fsp3) is 0.295. The number of hydrogen-bond donors (Lipinski definition) is 3. The largest absolute Gasteiger partial charge is 0.489 e. The highest BCUT2D eigenvalue weighted by Crippen LogP contribution is 2.48. The Morgan fingerprint density at radius 2 is 1.68 bits per heavy atom. The molecule has 0 saturated carbocycles. The lowest BCUT2D eigenvalue weighted by molar-refractivity contribution is 0.158. The Morgan fingerprint density at radius 1 is 0.943 bits per heavy atom. The number of nitrogens with one attached hydrogen (secondary N) is 3. The van der Waals surface area contributed by atoms with E-state index in [1.165, 1.54) is 6.07 Å². The summed E-state index contributed by atoms with van der Waals surface area (Å²) in [7, 11) is -1.41. The number of benzene rings is 4. The molecular weight excluding hydrogens is 686 g/mol. The summed E-state index contributed by atoms with van der Waals surface area (Å²) < 4.78 is 41.8. The first kappa shape index (κ1) is 36.2. The molecule has 0 aromatic heterocycles. The van der Waals surface area contributed by atoms with Crippen molar-refractivity contribution in [3.8, 4) is 16.9 Å². The van der Waals surface area contributed by atoms with Crippen LogP contribution in [0.4, 0.5) is 26.2 Å². The van der Waals surface area contributed by atoms with Gasteiger partial charge in [0, 0.05) is 29.0 Å². The first-order valence-electron chi connectivity index (χ1n) is 18.4. The van der Waals surface area contributed by atoms with Crippen molar-refractivity contribution in [3.05, 3.63) is 142 Å². The fourth-order valence-electron chi connectivity index (χ4n) is 7.62. The van der Waals surface area contributed by atoms with Gasteiger partial charge in [-0.25, -0.2) is 9.18 Å². The molecule has 8 rings (SSSR count). The summed E-state index contributed by atoms with van der Waals surface area (Å²) in [6, 6.07) is 26.1. The molecule has 3 N–H and O–H groups in total. The molecule has 0 radical (unpaired) electrons. The maximum absolute atomic E-state index is 16.0. The van der Waals surface area contributed by atoms with E-state index in [1.54, 1.807) is 18.2 Å². The van der Waals surface area contributed by atoms with Crippen LogP contribution in [0.3, 0.4) is 0 Å². The zero-order chi connectivity index (χ0) is 37.1. The van der Waals surface area contributed by atoms with Crippen molar-refractivity contribution >= 4 is 34.0 Å². The van der Waals surface area contributed by atoms with Crippen LogP contribution >= 0.6 is 0 Å². The third kappa shape index (κ3) is 7.53.